The van der Waals surface area contributed by atoms with E-state index in [1.54, 1.807) is 19.1 Å². The second kappa shape index (κ2) is 13.1. The summed E-state index contributed by atoms with van der Waals surface area (Å²) >= 11 is 0. The number of amides is 3. The fraction of sp³-hybridized carbons (Fsp3) is 0.500. The molecule has 0 saturated carbocycles. The van der Waals surface area contributed by atoms with Crippen LogP contribution >= 0.6 is 0 Å². The van der Waals surface area contributed by atoms with Gasteiger partial charge in [0.15, 0.2) is 0 Å². The smallest absolute Gasteiger partial charge is 0.318 e. The number of carbonyl (C=O) groups excluding carboxylic acids is 2. The van der Waals surface area contributed by atoms with Crippen LogP contribution in [0.5, 0.6) is 11.5 Å². The molecule has 3 amide bonds. The number of nitrogens with one attached hydrogen (secondary N) is 1. The fourth-order valence-electron chi connectivity index (χ4n) is 4.85. The van der Waals surface area contributed by atoms with Gasteiger partial charge in [0, 0.05) is 49.8 Å². The van der Waals surface area contributed by atoms with Gasteiger partial charge >= 0.3 is 6.03 Å². The molecule has 0 bridgehead atoms. The number of methoxy groups -OCH3 is 2. The predicted molar refractivity (Wildman–Crippen MR) is 154 cm³/mol. The van der Waals surface area contributed by atoms with Crippen molar-refractivity contribution >= 4 is 17.6 Å². The Morgan fingerprint density at radius 2 is 1.80 bits per heavy atom. The molecule has 2 aromatic carbocycles. The first-order chi connectivity index (χ1) is 19.2. The van der Waals surface area contributed by atoms with Crippen LogP contribution in [0, 0.1) is 0 Å². The lowest BCUT2D eigenvalue weighted by Gasteiger charge is -2.32. The topological polar surface area (TPSA) is 95.9 Å². The van der Waals surface area contributed by atoms with Gasteiger partial charge in [0.1, 0.15) is 18.0 Å². The SMILES string of the molecule is COc1ccc(C2=NN(C(=O)CN(CCN3CCOCC3)C(=O)NC(C)(C)C)C(c3ccccc3)C2)c(OC)c1. The summed E-state index contributed by atoms with van der Waals surface area (Å²) in [5.74, 6) is 1.05. The molecule has 1 fully saturated rings. The first-order valence-corrected chi connectivity index (χ1v) is 13.7. The molecule has 2 aliphatic heterocycles. The molecule has 0 aromatic heterocycles. The number of urea groups is 1. The summed E-state index contributed by atoms with van der Waals surface area (Å²) in [5.41, 5.74) is 2.07. The Bertz CT molecular complexity index is 1190. The summed E-state index contributed by atoms with van der Waals surface area (Å²) in [6, 6.07) is 14.8. The number of hydrogen-bond acceptors (Lipinski definition) is 7. The Hall–Kier alpha value is -3.63. The number of nitrogens with zero attached hydrogens (tertiary/aromatic N) is 4. The maximum atomic E-state index is 13.9. The van der Waals surface area contributed by atoms with Crippen LogP contribution in [0.4, 0.5) is 4.79 Å². The van der Waals surface area contributed by atoms with E-state index >= 15 is 0 Å². The van der Waals surface area contributed by atoms with E-state index in [0.29, 0.717) is 44.2 Å². The zero-order chi connectivity index (χ0) is 28.7. The second-order valence-corrected chi connectivity index (χ2v) is 11.0. The van der Waals surface area contributed by atoms with Crippen molar-refractivity contribution < 1.29 is 23.8 Å². The van der Waals surface area contributed by atoms with Crippen molar-refractivity contribution in [2.45, 2.75) is 38.8 Å². The van der Waals surface area contributed by atoms with Crippen LogP contribution in [0.3, 0.4) is 0 Å². The van der Waals surface area contributed by atoms with Crippen LogP contribution in [0.25, 0.3) is 0 Å². The third-order valence-electron chi connectivity index (χ3n) is 6.95. The van der Waals surface area contributed by atoms with Crippen molar-refractivity contribution in [2.75, 3.05) is 60.2 Å². The molecule has 2 aromatic rings. The summed E-state index contributed by atoms with van der Waals surface area (Å²) in [6.45, 7) is 9.73. The number of morpholine rings is 1. The molecule has 0 spiro atoms. The lowest BCUT2D eigenvalue weighted by molar-refractivity contribution is -0.133. The van der Waals surface area contributed by atoms with Crippen molar-refractivity contribution in [3.63, 3.8) is 0 Å². The van der Waals surface area contributed by atoms with Gasteiger partial charge in [0.25, 0.3) is 5.91 Å². The van der Waals surface area contributed by atoms with Crippen LogP contribution in [0.2, 0.25) is 0 Å². The first-order valence-electron chi connectivity index (χ1n) is 13.7. The van der Waals surface area contributed by atoms with E-state index in [-0.39, 0.29) is 24.5 Å². The van der Waals surface area contributed by atoms with Gasteiger partial charge in [-0.05, 0) is 38.5 Å². The molecule has 10 heteroatoms. The highest BCUT2D eigenvalue weighted by molar-refractivity contribution is 6.05. The highest BCUT2D eigenvalue weighted by atomic mass is 16.5. The molecule has 10 nitrogen and oxygen atoms in total. The Balaban J connectivity index is 1.60. The molecule has 0 radical (unpaired) electrons. The van der Waals surface area contributed by atoms with Gasteiger partial charge in [-0.1, -0.05) is 30.3 Å². The zero-order valence-electron chi connectivity index (χ0n) is 24.2. The highest BCUT2D eigenvalue weighted by Crippen LogP contribution is 2.36. The minimum absolute atomic E-state index is 0.0912. The first kappa shape index (κ1) is 29.4. The Morgan fingerprint density at radius 1 is 1.07 bits per heavy atom. The second-order valence-electron chi connectivity index (χ2n) is 11.0. The largest absolute Gasteiger partial charge is 0.497 e. The molecule has 2 aliphatic rings. The molecule has 2 heterocycles. The minimum atomic E-state index is -0.437. The number of carbonyl (C=O) groups is 2. The van der Waals surface area contributed by atoms with Crippen molar-refractivity contribution in [3.8, 4) is 11.5 Å². The molecule has 40 heavy (non-hydrogen) atoms. The van der Waals surface area contributed by atoms with Crippen LogP contribution in [0.15, 0.2) is 53.6 Å². The quantitative estimate of drug-likeness (QED) is 0.513. The van der Waals surface area contributed by atoms with E-state index in [0.717, 1.165) is 29.9 Å². The van der Waals surface area contributed by atoms with Gasteiger partial charge in [0.2, 0.25) is 0 Å². The maximum absolute atomic E-state index is 13.9. The maximum Gasteiger partial charge on any atom is 0.318 e. The van der Waals surface area contributed by atoms with Crippen molar-refractivity contribution in [2.24, 2.45) is 5.10 Å². The number of hydrogen-bond donors (Lipinski definition) is 1. The van der Waals surface area contributed by atoms with Gasteiger partial charge in [-0.3, -0.25) is 9.69 Å². The lowest BCUT2D eigenvalue weighted by atomic mass is 9.98. The van der Waals surface area contributed by atoms with Gasteiger partial charge in [-0.25, -0.2) is 9.80 Å². The molecule has 1 saturated heterocycles. The predicted octanol–water partition coefficient (Wildman–Crippen LogP) is 3.52. The summed E-state index contributed by atoms with van der Waals surface area (Å²) in [4.78, 5) is 31.0. The van der Waals surface area contributed by atoms with Crippen molar-refractivity contribution in [1.82, 2.24) is 20.1 Å². The number of hydrazone groups is 1. The summed E-state index contributed by atoms with van der Waals surface area (Å²) in [6.07, 6.45) is 0.514. The van der Waals surface area contributed by atoms with E-state index < -0.39 is 5.54 Å². The minimum Gasteiger partial charge on any atom is -0.497 e. The third-order valence-corrected chi connectivity index (χ3v) is 6.95. The van der Waals surface area contributed by atoms with Gasteiger partial charge in [0.05, 0.1) is 39.2 Å². The summed E-state index contributed by atoms with van der Waals surface area (Å²) in [5, 5.41) is 9.35. The van der Waals surface area contributed by atoms with E-state index in [9.17, 15) is 9.59 Å². The Labute approximate surface area is 236 Å². The average molecular weight is 552 g/mol. The van der Waals surface area contributed by atoms with Gasteiger partial charge in [-0.2, -0.15) is 5.10 Å². The normalized spacial score (nSPS) is 17.8. The van der Waals surface area contributed by atoms with Crippen LogP contribution in [-0.4, -0.2) is 98.2 Å². The number of benzene rings is 2. The fourth-order valence-corrected chi connectivity index (χ4v) is 4.85. The lowest BCUT2D eigenvalue weighted by Crippen LogP contribution is -2.53. The van der Waals surface area contributed by atoms with Gasteiger partial charge < -0.3 is 24.4 Å². The zero-order valence-corrected chi connectivity index (χ0v) is 24.2. The molecule has 0 aliphatic carbocycles. The van der Waals surface area contributed by atoms with Gasteiger partial charge in [-0.15, -0.1) is 0 Å². The standard InChI is InChI=1S/C30H41N5O5/c1-30(2,3)31-29(37)34(14-13-33-15-17-40-18-16-33)21-28(36)35-26(22-9-7-6-8-10-22)20-25(32-35)24-12-11-23(38-4)19-27(24)39-5/h6-12,19,26H,13-18,20-21H2,1-5H3,(H,31,37). The number of ether oxygens (including phenoxy) is 3. The molecule has 4 rings (SSSR count). The molecule has 216 valence electrons. The highest BCUT2D eigenvalue weighted by Gasteiger charge is 2.35. The molecule has 1 atom stereocenters. The summed E-state index contributed by atoms with van der Waals surface area (Å²) in [7, 11) is 3.21. The van der Waals surface area contributed by atoms with E-state index in [1.807, 2.05) is 69.3 Å². The van der Waals surface area contributed by atoms with Crippen LogP contribution < -0.4 is 14.8 Å². The summed E-state index contributed by atoms with van der Waals surface area (Å²) < 4.78 is 16.4. The molecular formula is C30H41N5O5. The van der Waals surface area contributed by atoms with Crippen molar-refractivity contribution in [1.29, 1.82) is 0 Å². The molecule has 1 N–H and O–H groups in total. The number of rotatable bonds is 9. The van der Waals surface area contributed by atoms with Crippen LogP contribution in [0.1, 0.15) is 44.4 Å². The Morgan fingerprint density at radius 3 is 2.45 bits per heavy atom. The third kappa shape index (κ3) is 7.51. The average Bonchev–Trinajstić information content (AvgIpc) is 3.40. The molecule has 1 unspecified atom stereocenters. The molecular weight excluding hydrogens is 510 g/mol. The van der Waals surface area contributed by atoms with Crippen LogP contribution in [-0.2, 0) is 9.53 Å². The van der Waals surface area contributed by atoms with Crippen molar-refractivity contribution in [3.05, 3.63) is 59.7 Å². The van der Waals surface area contributed by atoms with E-state index in [1.165, 1.54) is 5.01 Å². The van der Waals surface area contributed by atoms with E-state index in [4.69, 9.17) is 19.3 Å². The Kier molecular flexibility index (Phi) is 9.65. The van der Waals surface area contributed by atoms with E-state index in [2.05, 4.69) is 10.2 Å². The monoisotopic (exact) mass is 551 g/mol.